The molecule has 1 fully saturated rings. The normalized spacial score (nSPS) is 16.6. The Morgan fingerprint density at radius 1 is 1.33 bits per heavy atom. The minimum atomic E-state index is -1.03. The van der Waals surface area contributed by atoms with E-state index in [0.29, 0.717) is 24.5 Å². The summed E-state index contributed by atoms with van der Waals surface area (Å²) in [5.74, 6) is -0.926. The molecule has 6 heteroatoms. The molecule has 6 nitrogen and oxygen atoms in total. The van der Waals surface area contributed by atoms with Crippen molar-refractivity contribution in [1.82, 2.24) is 10.2 Å². The van der Waals surface area contributed by atoms with Crippen LogP contribution in [0.2, 0.25) is 0 Å². The van der Waals surface area contributed by atoms with Crippen LogP contribution in [0.15, 0.2) is 0 Å². The third-order valence-corrected chi connectivity index (χ3v) is 3.08. The van der Waals surface area contributed by atoms with Gasteiger partial charge in [-0.3, -0.25) is 0 Å². The first-order valence-corrected chi connectivity index (χ1v) is 5.91. The van der Waals surface area contributed by atoms with Gasteiger partial charge in [-0.15, -0.1) is 5.10 Å². The number of carboxylic acids is 1. The number of rotatable bonds is 3. The van der Waals surface area contributed by atoms with Gasteiger partial charge in [-0.1, -0.05) is 0 Å². The first-order valence-electron chi connectivity index (χ1n) is 5.91. The van der Waals surface area contributed by atoms with E-state index in [1.165, 1.54) is 0 Å². The second-order valence-corrected chi connectivity index (χ2v) is 4.33. The highest BCUT2D eigenvalue weighted by Gasteiger charge is 2.23. The molecule has 0 bridgehead atoms. The molecule has 0 amide bonds. The molecule has 1 saturated heterocycles. The minimum Gasteiger partial charge on any atom is -0.477 e. The molecule has 2 heterocycles. The van der Waals surface area contributed by atoms with Crippen LogP contribution in [0, 0.1) is 13.8 Å². The Kier molecular flexibility index (Phi) is 3.76. The Balaban J connectivity index is 2.26. The molecular weight excluding hydrogens is 236 g/mol. The van der Waals surface area contributed by atoms with Gasteiger partial charge < -0.3 is 14.6 Å². The van der Waals surface area contributed by atoms with Crippen LogP contribution >= 0.6 is 0 Å². The van der Waals surface area contributed by atoms with E-state index in [-0.39, 0.29) is 17.5 Å². The van der Waals surface area contributed by atoms with Crippen LogP contribution < -0.4 is 4.74 Å². The Hall–Kier alpha value is -1.69. The van der Waals surface area contributed by atoms with Gasteiger partial charge in [0.25, 0.3) is 0 Å². The highest BCUT2D eigenvalue weighted by molar-refractivity contribution is 5.92. The smallest absolute Gasteiger partial charge is 0.341 e. The molecule has 1 aromatic rings. The third kappa shape index (κ3) is 2.59. The highest BCUT2D eigenvalue weighted by atomic mass is 16.5. The van der Waals surface area contributed by atoms with Crippen LogP contribution in [0.5, 0.6) is 5.88 Å². The minimum absolute atomic E-state index is 0.0479. The molecule has 0 saturated carbocycles. The number of hydrogen-bond acceptors (Lipinski definition) is 5. The molecule has 0 atom stereocenters. The average Bonchev–Trinajstić information content (AvgIpc) is 2.35. The summed E-state index contributed by atoms with van der Waals surface area (Å²) in [6, 6.07) is 0. The Bertz CT molecular complexity index is 456. The lowest BCUT2D eigenvalue weighted by Gasteiger charge is -2.23. The zero-order chi connectivity index (χ0) is 13.1. The summed E-state index contributed by atoms with van der Waals surface area (Å²) in [5.41, 5.74) is 1.31. The fourth-order valence-corrected chi connectivity index (χ4v) is 1.87. The summed E-state index contributed by atoms with van der Waals surface area (Å²) in [4.78, 5) is 11.3. The summed E-state index contributed by atoms with van der Waals surface area (Å²) in [7, 11) is 0. The van der Waals surface area contributed by atoms with E-state index in [4.69, 9.17) is 9.47 Å². The summed E-state index contributed by atoms with van der Waals surface area (Å²) >= 11 is 0. The third-order valence-electron chi connectivity index (χ3n) is 3.08. The number of aryl methyl sites for hydroxylation is 1. The predicted molar refractivity (Wildman–Crippen MR) is 62.9 cm³/mol. The van der Waals surface area contributed by atoms with Crippen molar-refractivity contribution in [3.05, 3.63) is 16.8 Å². The second kappa shape index (κ2) is 5.30. The number of nitrogens with zero attached hydrogens (tertiary/aromatic N) is 2. The standard InChI is InChI=1S/C12H16N2O4/c1-7-8(2)13-14-11(10(7)12(15)16)18-9-3-5-17-6-4-9/h9H,3-6H2,1-2H3,(H,15,16). The van der Waals surface area contributed by atoms with Gasteiger partial charge in [-0.2, -0.15) is 5.10 Å². The van der Waals surface area contributed by atoms with Crippen LogP contribution in [0.4, 0.5) is 0 Å². The van der Waals surface area contributed by atoms with Gasteiger partial charge in [-0.25, -0.2) is 4.79 Å². The summed E-state index contributed by atoms with van der Waals surface area (Å²) in [5, 5.41) is 17.0. The number of carboxylic acid groups (broad SMARTS) is 1. The van der Waals surface area contributed by atoms with Crippen molar-refractivity contribution in [3.8, 4) is 5.88 Å². The van der Waals surface area contributed by atoms with Crippen molar-refractivity contribution in [2.75, 3.05) is 13.2 Å². The predicted octanol–water partition coefficient (Wildman–Crippen LogP) is 1.35. The molecule has 98 valence electrons. The van der Waals surface area contributed by atoms with E-state index in [1.54, 1.807) is 13.8 Å². The van der Waals surface area contributed by atoms with Crippen LogP contribution in [-0.2, 0) is 4.74 Å². The molecule has 1 aliphatic heterocycles. The second-order valence-electron chi connectivity index (χ2n) is 4.33. The Labute approximate surface area is 105 Å². The first kappa shape index (κ1) is 12.8. The van der Waals surface area contributed by atoms with Crippen molar-refractivity contribution >= 4 is 5.97 Å². The van der Waals surface area contributed by atoms with Crippen LogP contribution in [0.25, 0.3) is 0 Å². The highest BCUT2D eigenvalue weighted by Crippen LogP contribution is 2.23. The number of aromatic nitrogens is 2. The molecule has 0 aliphatic carbocycles. The zero-order valence-electron chi connectivity index (χ0n) is 10.5. The lowest BCUT2D eigenvalue weighted by atomic mass is 10.1. The van der Waals surface area contributed by atoms with E-state index in [2.05, 4.69) is 10.2 Å². The van der Waals surface area contributed by atoms with Gasteiger partial charge in [0.15, 0.2) is 0 Å². The maximum absolute atomic E-state index is 11.3. The van der Waals surface area contributed by atoms with Crippen molar-refractivity contribution < 1.29 is 19.4 Å². The topological polar surface area (TPSA) is 81.5 Å². The number of carbonyl (C=O) groups is 1. The average molecular weight is 252 g/mol. The summed E-state index contributed by atoms with van der Waals surface area (Å²) in [6.07, 6.45) is 1.44. The van der Waals surface area contributed by atoms with E-state index in [9.17, 15) is 9.90 Å². The quantitative estimate of drug-likeness (QED) is 0.874. The van der Waals surface area contributed by atoms with Gasteiger partial charge in [0.2, 0.25) is 5.88 Å². The van der Waals surface area contributed by atoms with E-state index in [1.807, 2.05) is 0 Å². The largest absolute Gasteiger partial charge is 0.477 e. The van der Waals surface area contributed by atoms with Crippen LogP contribution in [-0.4, -0.2) is 40.6 Å². The molecule has 0 unspecified atom stereocenters. The molecule has 2 rings (SSSR count). The molecule has 1 N–H and O–H groups in total. The van der Waals surface area contributed by atoms with Crippen molar-refractivity contribution in [2.45, 2.75) is 32.8 Å². The lowest BCUT2D eigenvalue weighted by molar-refractivity contribution is 0.0225. The Morgan fingerprint density at radius 2 is 2.00 bits per heavy atom. The van der Waals surface area contributed by atoms with Crippen molar-refractivity contribution in [1.29, 1.82) is 0 Å². The van der Waals surface area contributed by atoms with Crippen LogP contribution in [0.1, 0.15) is 34.5 Å². The Morgan fingerprint density at radius 3 is 2.61 bits per heavy atom. The van der Waals surface area contributed by atoms with E-state index >= 15 is 0 Å². The fraction of sp³-hybridized carbons (Fsp3) is 0.583. The van der Waals surface area contributed by atoms with Crippen LogP contribution in [0.3, 0.4) is 0 Å². The molecule has 1 aromatic heterocycles. The molecule has 0 radical (unpaired) electrons. The summed E-state index contributed by atoms with van der Waals surface area (Å²) < 4.78 is 10.9. The van der Waals surface area contributed by atoms with Gasteiger partial charge in [0, 0.05) is 12.8 Å². The zero-order valence-corrected chi connectivity index (χ0v) is 10.5. The fourth-order valence-electron chi connectivity index (χ4n) is 1.87. The number of aromatic carboxylic acids is 1. The lowest BCUT2D eigenvalue weighted by Crippen LogP contribution is -2.27. The molecule has 0 spiro atoms. The van der Waals surface area contributed by atoms with Gasteiger partial charge in [0.05, 0.1) is 18.9 Å². The SMILES string of the molecule is Cc1nnc(OC2CCOCC2)c(C(=O)O)c1C. The molecule has 0 aromatic carbocycles. The monoisotopic (exact) mass is 252 g/mol. The van der Waals surface area contributed by atoms with Gasteiger partial charge >= 0.3 is 5.97 Å². The van der Waals surface area contributed by atoms with E-state index < -0.39 is 5.97 Å². The molecule has 18 heavy (non-hydrogen) atoms. The maximum atomic E-state index is 11.3. The van der Waals surface area contributed by atoms with E-state index in [0.717, 1.165) is 12.8 Å². The maximum Gasteiger partial charge on any atom is 0.341 e. The number of ether oxygens (including phenoxy) is 2. The molecular formula is C12H16N2O4. The van der Waals surface area contributed by atoms with Gasteiger partial charge in [0.1, 0.15) is 11.7 Å². The summed E-state index contributed by atoms with van der Waals surface area (Å²) in [6.45, 7) is 4.70. The number of hydrogen-bond donors (Lipinski definition) is 1. The first-order chi connectivity index (χ1) is 8.59. The molecule has 1 aliphatic rings. The van der Waals surface area contributed by atoms with Crippen molar-refractivity contribution in [3.63, 3.8) is 0 Å². The van der Waals surface area contributed by atoms with Crippen molar-refractivity contribution in [2.24, 2.45) is 0 Å². The van der Waals surface area contributed by atoms with Gasteiger partial charge in [-0.05, 0) is 19.4 Å².